The molecule has 0 saturated carbocycles. The summed E-state index contributed by atoms with van der Waals surface area (Å²) >= 11 is 0. The Bertz CT molecular complexity index is 1690. The van der Waals surface area contributed by atoms with Gasteiger partial charge in [0.25, 0.3) is 0 Å². The number of aromatic nitrogens is 1. The second-order valence-corrected chi connectivity index (χ2v) is 16.5. The van der Waals surface area contributed by atoms with Gasteiger partial charge in [-0.25, -0.2) is 4.98 Å². The number of pyridine rings is 1. The first-order valence-electron chi connectivity index (χ1n) is 16.3. The molecule has 0 spiro atoms. The van der Waals surface area contributed by atoms with E-state index in [0.717, 1.165) is 55.9 Å². The lowest BCUT2D eigenvalue weighted by atomic mass is 9.78. The molecule has 0 unspecified atom stereocenters. The van der Waals surface area contributed by atoms with E-state index in [1.165, 1.54) is 11.1 Å². The third-order valence-corrected chi connectivity index (χ3v) is 8.45. The summed E-state index contributed by atoms with van der Waals surface area (Å²) in [6.45, 7) is 27.2. The molecule has 4 rings (SSSR count). The van der Waals surface area contributed by atoms with Crippen molar-refractivity contribution < 1.29 is 18.9 Å². The summed E-state index contributed by atoms with van der Waals surface area (Å²) in [5.41, 5.74) is 9.04. The Hall–Kier alpha value is -3.41. The van der Waals surface area contributed by atoms with Gasteiger partial charge in [-0.05, 0) is 51.0 Å². The van der Waals surface area contributed by atoms with Crippen molar-refractivity contribution in [2.24, 2.45) is 0 Å². The van der Waals surface area contributed by atoms with Gasteiger partial charge >= 0.3 is 0 Å². The van der Waals surface area contributed by atoms with E-state index in [2.05, 4.69) is 138 Å². The average Bonchev–Trinajstić information content (AvgIpc) is 2.95. The van der Waals surface area contributed by atoms with Crippen molar-refractivity contribution in [1.82, 2.24) is 4.98 Å². The molecule has 0 fully saturated rings. The Balaban J connectivity index is 2.12. The molecule has 0 atom stereocenters. The highest BCUT2D eigenvalue weighted by Gasteiger charge is 2.29. The molecule has 46 heavy (non-hydrogen) atoms. The maximum absolute atomic E-state index is 6.42. The van der Waals surface area contributed by atoms with Crippen molar-refractivity contribution in [3.05, 3.63) is 76.9 Å². The number of hydrogen-bond acceptors (Lipinski definition) is 5. The lowest BCUT2D eigenvalue weighted by Crippen LogP contribution is -2.19. The van der Waals surface area contributed by atoms with E-state index in [0.29, 0.717) is 0 Å². The van der Waals surface area contributed by atoms with Crippen LogP contribution in [0.3, 0.4) is 0 Å². The highest BCUT2D eigenvalue weighted by atomic mass is 16.7. The molecule has 0 aliphatic carbocycles. The van der Waals surface area contributed by atoms with E-state index in [4.69, 9.17) is 23.9 Å². The summed E-state index contributed by atoms with van der Waals surface area (Å²) in [5.74, 6) is 1.64. The lowest BCUT2D eigenvalue weighted by Gasteiger charge is -2.30. The van der Waals surface area contributed by atoms with Crippen molar-refractivity contribution in [1.29, 1.82) is 0 Å². The summed E-state index contributed by atoms with van der Waals surface area (Å²) in [4.78, 5) is 5.43. The summed E-state index contributed by atoms with van der Waals surface area (Å²) in [7, 11) is 3.31. The maximum Gasteiger partial charge on any atom is 0.188 e. The molecule has 1 aromatic heterocycles. The fraction of sp³-hybridized carbons (Fsp3) is 0.488. The third-order valence-electron chi connectivity index (χ3n) is 8.45. The average molecular weight is 626 g/mol. The Morgan fingerprint density at radius 1 is 0.522 bits per heavy atom. The number of para-hydroxylation sites is 1. The van der Waals surface area contributed by atoms with Crippen LogP contribution in [0.2, 0.25) is 0 Å². The second kappa shape index (κ2) is 13.0. The van der Waals surface area contributed by atoms with Crippen molar-refractivity contribution in [3.8, 4) is 33.9 Å². The highest BCUT2D eigenvalue weighted by molar-refractivity contribution is 5.97. The van der Waals surface area contributed by atoms with Crippen LogP contribution < -0.4 is 9.47 Å². The minimum absolute atomic E-state index is 0.0674. The predicted octanol–water partition coefficient (Wildman–Crippen LogP) is 10.7. The monoisotopic (exact) mass is 625 g/mol. The molecule has 4 aromatic rings. The van der Waals surface area contributed by atoms with E-state index < -0.39 is 0 Å². The first kappa shape index (κ1) is 35.4. The van der Waals surface area contributed by atoms with Crippen LogP contribution in [-0.2, 0) is 31.1 Å². The molecule has 0 aliphatic heterocycles. The van der Waals surface area contributed by atoms with Crippen molar-refractivity contribution in [2.45, 2.75) is 105 Å². The Morgan fingerprint density at radius 2 is 1.00 bits per heavy atom. The van der Waals surface area contributed by atoms with Gasteiger partial charge in [-0.15, -0.1) is 0 Å². The van der Waals surface area contributed by atoms with Crippen molar-refractivity contribution in [3.63, 3.8) is 0 Å². The smallest absolute Gasteiger partial charge is 0.188 e. The minimum Gasteiger partial charge on any atom is -0.467 e. The van der Waals surface area contributed by atoms with E-state index in [9.17, 15) is 0 Å². The molecular weight excluding hydrogens is 570 g/mol. The second-order valence-electron chi connectivity index (χ2n) is 16.5. The summed E-state index contributed by atoms with van der Waals surface area (Å²) in [6.07, 6.45) is 0. The van der Waals surface area contributed by atoms with Gasteiger partial charge in [-0.1, -0.05) is 119 Å². The standard InChI is InChI=1S/C41H55NO4/c1-38(2,3)27-20-30(36(45-24-43-13)32(22-27)40(7,8)9)29-17-15-16-26-18-19-34(42-35(26)29)31-21-28(39(4,5)6)23-33(41(10,11)12)37(31)46-25-44-14/h15-23H,24-25H2,1-14H3. The van der Waals surface area contributed by atoms with Gasteiger partial charge in [0.05, 0.1) is 11.2 Å². The fourth-order valence-electron chi connectivity index (χ4n) is 5.69. The number of fused-ring (bicyclic) bond motifs is 1. The van der Waals surface area contributed by atoms with Gasteiger partial charge < -0.3 is 18.9 Å². The van der Waals surface area contributed by atoms with Crippen molar-refractivity contribution >= 4 is 10.9 Å². The Kier molecular flexibility index (Phi) is 10.0. The van der Waals surface area contributed by atoms with Gasteiger partial charge in [0, 0.05) is 47.4 Å². The van der Waals surface area contributed by atoms with Gasteiger partial charge in [-0.3, -0.25) is 0 Å². The molecule has 3 aromatic carbocycles. The number of nitrogens with zero attached hydrogens (tertiary/aromatic N) is 1. The van der Waals surface area contributed by atoms with Crippen LogP contribution in [0, 0.1) is 0 Å². The number of hydrogen-bond donors (Lipinski definition) is 0. The van der Waals surface area contributed by atoms with Crippen molar-refractivity contribution in [2.75, 3.05) is 27.8 Å². The zero-order chi connectivity index (χ0) is 34.2. The van der Waals surface area contributed by atoms with Gasteiger partial charge in [0.2, 0.25) is 0 Å². The number of rotatable bonds is 8. The van der Waals surface area contributed by atoms with Crippen LogP contribution in [0.4, 0.5) is 0 Å². The van der Waals surface area contributed by atoms with E-state index in [-0.39, 0.29) is 35.2 Å². The van der Waals surface area contributed by atoms with Crippen LogP contribution in [0.25, 0.3) is 33.3 Å². The van der Waals surface area contributed by atoms with Gasteiger partial charge in [-0.2, -0.15) is 0 Å². The molecule has 0 aliphatic rings. The van der Waals surface area contributed by atoms with Crippen LogP contribution in [0.5, 0.6) is 11.5 Å². The predicted molar refractivity (Wildman–Crippen MR) is 192 cm³/mol. The Morgan fingerprint density at radius 3 is 1.46 bits per heavy atom. The molecule has 5 heteroatoms. The van der Waals surface area contributed by atoms with E-state index in [1.54, 1.807) is 14.2 Å². The zero-order valence-corrected chi connectivity index (χ0v) is 30.7. The number of ether oxygens (including phenoxy) is 4. The van der Waals surface area contributed by atoms with Crippen LogP contribution in [0.15, 0.2) is 54.6 Å². The molecular formula is C41H55NO4. The highest BCUT2D eigenvalue weighted by Crippen LogP contribution is 2.46. The lowest BCUT2D eigenvalue weighted by molar-refractivity contribution is 0.0500. The van der Waals surface area contributed by atoms with E-state index in [1.807, 2.05) is 0 Å². The molecule has 1 heterocycles. The minimum atomic E-state index is -0.161. The summed E-state index contributed by atoms with van der Waals surface area (Å²) in [5, 5.41) is 1.06. The molecule has 0 bridgehead atoms. The molecule has 0 radical (unpaired) electrons. The SMILES string of the molecule is COCOc1c(-c2ccc3cccc(-c4cc(C(C)(C)C)cc(C(C)(C)C)c4OCOC)c3n2)cc(C(C)(C)C)cc1C(C)(C)C. The normalized spacial score (nSPS) is 12.9. The molecule has 0 saturated heterocycles. The van der Waals surface area contributed by atoms with Gasteiger partial charge in [0.15, 0.2) is 13.6 Å². The first-order chi connectivity index (χ1) is 21.3. The quantitative estimate of drug-likeness (QED) is 0.182. The van der Waals surface area contributed by atoms with Crippen LogP contribution in [-0.4, -0.2) is 32.8 Å². The third kappa shape index (κ3) is 7.58. The zero-order valence-electron chi connectivity index (χ0n) is 30.7. The first-order valence-corrected chi connectivity index (χ1v) is 16.3. The van der Waals surface area contributed by atoms with Crippen LogP contribution >= 0.6 is 0 Å². The largest absolute Gasteiger partial charge is 0.467 e. The Labute approximate surface area is 277 Å². The molecule has 248 valence electrons. The molecule has 0 amide bonds. The number of benzene rings is 3. The number of methoxy groups -OCH3 is 2. The maximum atomic E-state index is 6.42. The molecule has 5 nitrogen and oxygen atoms in total. The summed E-state index contributed by atoms with van der Waals surface area (Å²) in [6, 6.07) is 19.7. The molecule has 0 N–H and O–H groups in total. The van der Waals surface area contributed by atoms with Gasteiger partial charge in [0.1, 0.15) is 11.5 Å². The fourth-order valence-corrected chi connectivity index (χ4v) is 5.69. The van der Waals surface area contributed by atoms with Crippen LogP contribution in [0.1, 0.15) is 105 Å². The topological polar surface area (TPSA) is 49.8 Å². The van der Waals surface area contributed by atoms with E-state index >= 15 is 0 Å². The summed E-state index contributed by atoms with van der Waals surface area (Å²) < 4.78 is 23.6.